The second-order valence-corrected chi connectivity index (χ2v) is 6.51. The lowest BCUT2D eigenvalue weighted by Gasteiger charge is -2.32. The average Bonchev–Trinajstić information content (AvgIpc) is 2.67. The number of halogens is 3. The Kier molecular flexibility index (Phi) is 5.49. The second-order valence-electron chi connectivity index (χ2n) is 6.51. The van der Waals surface area contributed by atoms with Crippen molar-refractivity contribution >= 4 is 5.91 Å². The van der Waals surface area contributed by atoms with Gasteiger partial charge in [-0.25, -0.2) is 13.2 Å². The van der Waals surface area contributed by atoms with Gasteiger partial charge in [-0.1, -0.05) is 12.1 Å². The normalized spacial score (nSPS) is 15.2. The SMILES string of the molecule is COc1ccc(CC2CCN(C(=O)c3ccc(F)c(F)c3F)CC2)cc1. The fraction of sp³-hybridized carbons (Fsp3) is 0.350. The van der Waals surface area contributed by atoms with Crippen molar-refractivity contribution in [2.75, 3.05) is 20.2 Å². The summed E-state index contributed by atoms with van der Waals surface area (Å²) >= 11 is 0. The molecule has 0 aromatic heterocycles. The van der Waals surface area contributed by atoms with Gasteiger partial charge in [-0.15, -0.1) is 0 Å². The van der Waals surface area contributed by atoms with Gasteiger partial charge < -0.3 is 9.64 Å². The molecule has 1 saturated heterocycles. The summed E-state index contributed by atoms with van der Waals surface area (Å²) in [6, 6.07) is 9.65. The number of benzene rings is 2. The molecular formula is C20H20F3NO2. The molecule has 0 unspecified atom stereocenters. The highest BCUT2D eigenvalue weighted by Gasteiger charge is 2.27. The van der Waals surface area contributed by atoms with Crippen LogP contribution in [0.15, 0.2) is 36.4 Å². The third-order valence-electron chi connectivity index (χ3n) is 4.85. The predicted octanol–water partition coefficient (Wildman–Crippen LogP) is 4.21. The van der Waals surface area contributed by atoms with E-state index in [1.165, 1.54) is 10.5 Å². The summed E-state index contributed by atoms with van der Waals surface area (Å²) in [6.45, 7) is 0.941. The van der Waals surface area contributed by atoms with Gasteiger partial charge in [0.05, 0.1) is 12.7 Å². The van der Waals surface area contributed by atoms with Crippen molar-refractivity contribution in [1.82, 2.24) is 4.90 Å². The van der Waals surface area contributed by atoms with E-state index in [9.17, 15) is 18.0 Å². The molecule has 0 aliphatic carbocycles. The summed E-state index contributed by atoms with van der Waals surface area (Å²) in [7, 11) is 1.62. The maximum Gasteiger partial charge on any atom is 0.256 e. The average molecular weight is 363 g/mol. The summed E-state index contributed by atoms with van der Waals surface area (Å²) in [4.78, 5) is 13.9. The van der Waals surface area contributed by atoms with Gasteiger partial charge in [0, 0.05) is 13.1 Å². The Balaban J connectivity index is 1.59. The molecule has 0 atom stereocenters. The predicted molar refractivity (Wildman–Crippen MR) is 91.6 cm³/mol. The molecule has 0 radical (unpaired) electrons. The molecule has 6 heteroatoms. The van der Waals surface area contributed by atoms with Crippen LogP contribution in [0.1, 0.15) is 28.8 Å². The Morgan fingerprint density at radius 3 is 2.31 bits per heavy atom. The number of hydrogen-bond acceptors (Lipinski definition) is 2. The van der Waals surface area contributed by atoms with E-state index in [1.807, 2.05) is 24.3 Å². The molecule has 26 heavy (non-hydrogen) atoms. The van der Waals surface area contributed by atoms with E-state index in [-0.39, 0.29) is 0 Å². The van der Waals surface area contributed by atoms with Crippen LogP contribution in [0.25, 0.3) is 0 Å². The van der Waals surface area contributed by atoms with Crippen LogP contribution in [0.5, 0.6) is 5.75 Å². The van der Waals surface area contributed by atoms with Crippen LogP contribution in [0.2, 0.25) is 0 Å². The van der Waals surface area contributed by atoms with Crippen molar-refractivity contribution in [3.63, 3.8) is 0 Å². The van der Waals surface area contributed by atoms with Crippen molar-refractivity contribution in [2.24, 2.45) is 5.92 Å². The quantitative estimate of drug-likeness (QED) is 0.762. The zero-order chi connectivity index (χ0) is 18.7. The molecule has 1 aliphatic heterocycles. The molecule has 3 nitrogen and oxygen atoms in total. The van der Waals surface area contributed by atoms with E-state index >= 15 is 0 Å². The fourth-order valence-electron chi connectivity index (χ4n) is 3.30. The zero-order valence-corrected chi connectivity index (χ0v) is 14.5. The third kappa shape index (κ3) is 3.84. The summed E-state index contributed by atoms with van der Waals surface area (Å²) in [6.07, 6.45) is 2.46. The zero-order valence-electron chi connectivity index (χ0n) is 14.5. The lowest BCUT2D eigenvalue weighted by molar-refractivity contribution is 0.0684. The molecule has 138 valence electrons. The van der Waals surface area contributed by atoms with E-state index in [1.54, 1.807) is 7.11 Å². The first-order valence-corrected chi connectivity index (χ1v) is 8.55. The number of nitrogens with zero attached hydrogens (tertiary/aromatic N) is 1. The number of methoxy groups -OCH3 is 1. The fourth-order valence-corrected chi connectivity index (χ4v) is 3.30. The van der Waals surface area contributed by atoms with Gasteiger partial charge in [0.15, 0.2) is 17.5 Å². The van der Waals surface area contributed by atoms with Crippen molar-refractivity contribution < 1.29 is 22.7 Å². The highest BCUT2D eigenvalue weighted by Crippen LogP contribution is 2.25. The molecule has 0 saturated carbocycles. The minimum atomic E-state index is -1.61. The highest BCUT2D eigenvalue weighted by molar-refractivity contribution is 5.94. The molecule has 1 fully saturated rings. The molecule has 1 aliphatic rings. The van der Waals surface area contributed by atoms with Gasteiger partial charge in [0.1, 0.15) is 5.75 Å². The maximum absolute atomic E-state index is 13.8. The van der Waals surface area contributed by atoms with Gasteiger partial charge in [0.2, 0.25) is 0 Å². The maximum atomic E-state index is 13.8. The molecule has 0 spiro atoms. The summed E-state index contributed by atoms with van der Waals surface area (Å²) in [5.74, 6) is -3.69. The number of carbonyl (C=O) groups is 1. The van der Waals surface area contributed by atoms with Crippen molar-refractivity contribution in [3.8, 4) is 5.75 Å². The molecule has 2 aromatic carbocycles. The monoisotopic (exact) mass is 363 g/mol. The van der Waals surface area contributed by atoms with Crippen LogP contribution in [-0.2, 0) is 6.42 Å². The highest BCUT2D eigenvalue weighted by atomic mass is 19.2. The van der Waals surface area contributed by atoms with Crippen LogP contribution in [0.3, 0.4) is 0 Å². The first-order valence-electron chi connectivity index (χ1n) is 8.55. The minimum Gasteiger partial charge on any atom is -0.497 e. The topological polar surface area (TPSA) is 29.5 Å². The Morgan fingerprint density at radius 1 is 1.04 bits per heavy atom. The lowest BCUT2D eigenvalue weighted by Crippen LogP contribution is -2.39. The molecule has 2 aromatic rings. The number of amides is 1. The Labute approximate surface area is 150 Å². The molecule has 0 bridgehead atoms. The van der Waals surface area contributed by atoms with Crippen molar-refractivity contribution in [3.05, 3.63) is 65.0 Å². The van der Waals surface area contributed by atoms with Crippen LogP contribution in [-0.4, -0.2) is 31.0 Å². The molecule has 1 amide bonds. The number of ether oxygens (including phenoxy) is 1. The standard InChI is InChI=1S/C20H20F3NO2/c1-26-15-4-2-13(3-5-15)12-14-8-10-24(11-9-14)20(25)16-6-7-17(21)19(23)18(16)22/h2-7,14H,8-12H2,1H3. The number of carbonyl (C=O) groups excluding carboxylic acids is 1. The van der Waals surface area contributed by atoms with Crippen molar-refractivity contribution in [1.29, 1.82) is 0 Å². The Hall–Kier alpha value is -2.50. The lowest BCUT2D eigenvalue weighted by atomic mass is 9.90. The Bertz CT molecular complexity index is 784. The molecule has 1 heterocycles. The first kappa shape index (κ1) is 18.3. The van der Waals surface area contributed by atoms with Crippen LogP contribution >= 0.6 is 0 Å². The van der Waals surface area contributed by atoms with Crippen molar-refractivity contribution in [2.45, 2.75) is 19.3 Å². The van der Waals surface area contributed by atoms with E-state index in [0.717, 1.165) is 37.1 Å². The largest absolute Gasteiger partial charge is 0.497 e. The van der Waals surface area contributed by atoms with Gasteiger partial charge in [-0.05, 0) is 55.0 Å². The van der Waals surface area contributed by atoms with Gasteiger partial charge in [-0.2, -0.15) is 0 Å². The van der Waals surface area contributed by atoms with Crippen LogP contribution in [0, 0.1) is 23.4 Å². The third-order valence-corrected chi connectivity index (χ3v) is 4.85. The minimum absolute atomic E-state index is 0.419. The van der Waals surface area contributed by atoms with E-state index in [4.69, 9.17) is 4.74 Å². The second kappa shape index (κ2) is 7.81. The van der Waals surface area contributed by atoms with E-state index in [0.29, 0.717) is 19.0 Å². The van der Waals surface area contributed by atoms with E-state index < -0.39 is 28.9 Å². The molecule has 0 N–H and O–H groups in total. The number of rotatable bonds is 4. The van der Waals surface area contributed by atoms with Crippen LogP contribution in [0.4, 0.5) is 13.2 Å². The molecule has 3 rings (SSSR count). The van der Waals surface area contributed by atoms with Gasteiger partial charge in [0.25, 0.3) is 5.91 Å². The smallest absolute Gasteiger partial charge is 0.256 e. The number of hydrogen-bond donors (Lipinski definition) is 0. The number of likely N-dealkylation sites (tertiary alicyclic amines) is 1. The summed E-state index contributed by atoms with van der Waals surface area (Å²) < 4.78 is 45.3. The first-order chi connectivity index (χ1) is 12.5. The van der Waals surface area contributed by atoms with E-state index in [2.05, 4.69) is 0 Å². The Morgan fingerprint density at radius 2 is 1.69 bits per heavy atom. The van der Waals surface area contributed by atoms with Crippen LogP contribution < -0.4 is 4.74 Å². The molecular weight excluding hydrogens is 343 g/mol. The van der Waals surface area contributed by atoms with Gasteiger partial charge in [-0.3, -0.25) is 4.79 Å². The van der Waals surface area contributed by atoms with Gasteiger partial charge >= 0.3 is 0 Å². The summed E-state index contributed by atoms with van der Waals surface area (Å²) in [5, 5.41) is 0. The summed E-state index contributed by atoms with van der Waals surface area (Å²) in [5.41, 5.74) is 0.778. The number of piperidine rings is 1.